The van der Waals surface area contributed by atoms with Crippen molar-refractivity contribution in [3.8, 4) is 0 Å². The first-order valence-electron chi connectivity index (χ1n) is 5.74. The average Bonchev–Trinajstić information content (AvgIpc) is 2.25. The molecule has 0 radical (unpaired) electrons. The van der Waals surface area contributed by atoms with Crippen molar-refractivity contribution in [3.05, 3.63) is 34.3 Å². The summed E-state index contributed by atoms with van der Waals surface area (Å²) in [5, 5.41) is 0. The van der Waals surface area contributed by atoms with Gasteiger partial charge in [0.1, 0.15) is 0 Å². The van der Waals surface area contributed by atoms with Crippen LogP contribution in [0, 0.1) is 0 Å². The lowest BCUT2D eigenvalue weighted by molar-refractivity contribution is 0.548. The molecule has 0 amide bonds. The molecule has 0 fully saturated rings. The summed E-state index contributed by atoms with van der Waals surface area (Å²) < 4.78 is 1.24. The predicted octanol–water partition coefficient (Wildman–Crippen LogP) is 4.07. The van der Waals surface area contributed by atoms with E-state index in [9.17, 15) is 0 Å². The van der Waals surface area contributed by atoms with Crippen LogP contribution in [0.15, 0.2) is 28.7 Å². The van der Waals surface area contributed by atoms with E-state index in [1.807, 2.05) is 0 Å². The second kappa shape index (κ2) is 7.02. The number of benzene rings is 1. The van der Waals surface area contributed by atoms with Crippen LogP contribution in [0.25, 0.3) is 0 Å². The third-order valence-electron chi connectivity index (χ3n) is 2.74. The van der Waals surface area contributed by atoms with E-state index in [0.29, 0.717) is 5.92 Å². The molecule has 0 aliphatic heterocycles. The highest BCUT2D eigenvalue weighted by Crippen LogP contribution is 2.31. The summed E-state index contributed by atoms with van der Waals surface area (Å²) in [4.78, 5) is 0. The van der Waals surface area contributed by atoms with Gasteiger partial charge in [-0.3, -0.25) is 0 Å². The maximum absolute atomic E-state index is 5.58. The molecule has 0 aliphatic rings. The van der Waals surface area contributed by atoms with Gasteiger partial charge in [0.25, 0.3) is 0 Å². The van der Waals surface area contributed by atoms with Crippen molar-refractivity contribution in [2.45, 2.75) is 38.5 Å². The monoisotopic (exact) mass is 269 g/mol. The molecule has 0 aliphatic carbocycles. The van der Waals surface area contributed by atoms with E-state index in [-0.39, 0.29) is 0 Å². The van der Waals surface area contributed by atoms with Crippen molar-refractivity contribution < 1.29 is 0 Å². The van der Waals surface area contributed by atoms with Gasteiger partial charge in [-0.05, 0) is 43.4 Å². The van der Waals surface area contributed by atoms with Gasteiger partial charge in [0.05, 0.1) is 0 Å². The molecule has 1 atom stereocenters. The van der Waals surface area contributed by atoms with Gasteiger partial charge >= 0.3 is 0 Å². The molecule has 0 saturated heterocycles. The van der Waals surface area contributed by atoms with E-state index >= 15 is 0 Å². The quantitative estimate of drug-likeness (QED) is 0.828. The first kappa shape index (κ1) is 12.7. The fourth-order valence-corrected chi connectivity index (χ4v) is 2.58. The van der Waals surface area contributed by atoms with Gasteiger partial charge in [0, 0.05) is 4.47 Å². The van der Waals surface area contributed by atoms with Crippen molar-refractivity contribution >= 4 is 15.9 Å². The normalized spacial score (nSPS) is 12.7. The lowest BCUT2D eigenvalue weighted by atomic mass is 9.90. The van der Waals surface area contributed by atoms with Gasteiger partial charge in [-0.2, -0.15) is 0 Å². The summed E-state index contributed by atoms with van der Waals surface area (Å²) in [6, 6.07) is 8.53. The van der Waals surface area contributed by atoms with Crippen molar-refractivity contribution in [3.63, 3.8) is 0 Å². The fourth-order valence-electron chi connectivity index (χ4n) is 1.97. The molecule has 0 spiro atoms. The van der Waals surface area contributed by atoms with E-state index in [1.54, 1.807) is 0 Å². The van der Waals surface area contributed by atoms with E-state index in [4.69, 9.17) is 5.73 Å². The number of rotatable bonds is 6. The van der Waals surface area contributed by atoms with Crippen molar-refractivity contribution in [1.82, 2.24) is 0 Å². The SMILES string of the molecule is CCCC(CCCN)c1ccccc1Br. The summed E-state index contributed by atoms with van der Waals surface area (Å²) in [7, 11) is 0. The smallest absolute Gasteiger partial charge is 0.0210 e. The molecule has 0 aromatic heterocycles. The first-order valence-corrected chi connectivity index (χ1v) is 6.53. The number of halogens is 1. The molecule has 84 valence electrons. The van der Waals surface area contributed by atoms with Gasteiger partial charge in [0.2, 0.25) is 0 Å². The molecule has 1 unspecified atom stereocenters. The van der Waals surface area contributed by atoms with E-state index in [0.717, 1.165) is 13.0 Å². The van der Waals surface area contributed by atoms with Crippen molar-refractivity contribution in [2.75, 3.05) is 6.54 Å². The van der Waals surface area contributed by atoms with Crippen LogP contribution < -0.4 is 5.73 Å². The van der Waals surface area contributed by atoms with E-state index in [2.05, 4.69) is 47.1 Å². The Kier molecular flexibility index (Phi) is 5.96. The Morgan fingerprint density at radius 3 is 2.60 bits per heavy atom. The van der Waals surface area contributed by atoms with Crippen LogP contribution in [0.4, 0.5) is 0 Å². The third-order valence-corrected chi connectivity index (χ3v) is 3.46. The standard InChI is InChI=1S/C13H20BrN/c1-2-6-11(7-5-10-15)12-8-3-4-9-13(12)14/h3-4,8-9,11H,2,5-7,10,15H2,1H3. The highest BCUT2D eigenvalue weighted by atomic mass is 79.9. The van der Waals surface area contributed by atoms with Gasteiger partial charge in [-0.1, -0.05) is 47.5 Å². The largest absolute Gasteiger partial charge is 0.330 e. The molecule has 1 nitrogen and oxygen atoms in total. The Bertz CT molecular complexity index is 286. The summed E-state index contributed by atoms with van der Waals surface area (Å²) in [6.45, 7) is 3.04. The van der Waals surface area contributed by atoms with Crippen LogP contribution in [0.2, 0.25) is 0 Å². The zero-order chi connectivity index (χ0) is 11.1. The first-order chi connectivity index (χ1) is 7.29. The van der Waals surface area contributed by atoms with Gasteiger partial charge < -0.3 is 5.73 Å². The predicted molar refractivity (Wildman–Crippen MR) is 70.1 cm³/mol. The van der Waals surface area contributed by atoms with Crippen LogP contribution in [0.3, 0.4) is 0 Å². The van der Waals surface area contributed by atoms with E-state index in [1.165, 1.54) is 29.3 Å². The second-order valence-electron chi connectivity index (χ2n) is 3.94. The molecule has 0 bridgehead atoms. The van der Waals surface area contributed by atoms with Crippen molar-refractivity contribution in [2.24, 2.45) is 5.73 Å². The van der Waals surface area contributed by atoms with Crippen LogP contribution >= 0.6 is 15.9 Å². The van der Waals surface area contributed by atoms with Crippen LogP contribution in [0.1, 0.15) is 44.1 Å². The van der Waals surface area contributed by atoms with Crippen LogP contribution in [-0.4, -0.2) is 6.54 Å². The number of hydrogen-bond acceptors (Lipinski definition) is 1. The molecule has 2 N–H and O–H groups in total. The zero-order valence-electron chi connectivity index (χ0n) is 9.38. The Morgan fingerprint density at radius 2 is 2.00 bits per heavy atom. The summed E-state index contributed by atoms with van der Waals surface area (Å²) >= 11 is 3.63. The average molecular weight is 270 g/mol. The van der Waals surface area contributed by atoms with Crippen LogP contribution in [-0.2, 0) is 0 Å². The maximum atomic E-state index is 5.58. The van der Waals surface area contributed by atoms with E-state index < -0.39 is 0 Å². The molecular weight excluding hydrogens is 250 g/mol. The zero-order valence-corrected chi connectivity index (χ0v) is 11.0. The second-order valence-corrected chi connectivity index (χ2v) is 4.79. The molecule has 15 heavy (non-hydrogen) atoms. The highest BCUT2D eigenvalue weighted by Gasteiger charge is 2.12. The lowest BCUT2D eigenvalue weighted by Crippen LogP contribution is -2.05. The minimum atomic E-state index is 0.661. The van der Waals surface area contributed by atoms with Gasteiger partial charge in [-0.25, -0.2) is 0 Å². The molecule has 1 rings (SSSR count). The Labute approximate surface area is 101 Å². The molecule has 0 heterocycles. The molecule has 2 heteroatoms. The Morgan fingerprint density at radius 1 is 1.27 bits per heavy atom. The van der Waals surface area contributed by atoms with Crippen LogP contribution in [0.5, 0.6) is 0 Å². The third kappa shape index (κ3) is 3.96. The van der Waals surface area contributed by atoms with Gasteiger partial charge in [0.15, 0.2) is 0 Å². The number of nitrogens with two attached hydrogens (primary N) is 1. The van der Waals surface area contributed by atoms with Gasteiger partial charge in [-0.15, -0.1) is 0 Å². The topological polar surface area (TPSA) is 26.0 Å². The Hall–Kier alpha value is -0.340. The minimum absolute atomic E-state index is 0.661. The summed E-state index contributed by atoms with van der Waals surface area (Å²) in [6.07, 6.45) is 4.80. The molecular formula is C13H20BrN. The molecule has 1 aromatic carbocycles. The highest BCUT2D eigenvalue weighted by molar-refractivity contribution is 9.10. The summed E-state index contributed by atoms with van der Waals surface area (Å²) in [5.74, 6) is 0.661. The summed E-state index contributed by atoms with van der Waals surface area (Å²) in [5.41, 5.74) is 7.02. The minimum Gasteiger partial charge on any atom is -0.330 e. The fraction of sp³-hybridized carbons (Fsp3) is 0.538. The lowest BCUT2D eigenvalue weighted by Gasteiger charge is -2.17. The molecule has 0 saturated carbocycles. The Balaban J connectivity index is 2.74. The maximum Gasteiger partial charge on any atom is 0.0210 e. The number of hydrogen-bond donors (Lipinski definition) is 1. The molecule has 1 aromatic rings. The van der Waals surface area contributed by atoms with Crippen molar-refractivity contribution in [1.29, 1.82) is 0 Å².